The summed E-state index contributed by atoms with van der Waals surface area (Å²) in [6.45, 7) is 1.96. The van der Waals surface area contributed by atoms with Gasteiger partial charge in [0.2, 0.25) is 0 Å². The molecule has 0 saturated carbocycles. The van der Waals surface area contributed by atoms with Gasteiger partial charge >= 0.3 is 5.97 Å². The molecule has 6 nitrogen and oxygen atoms in total. The second-order valence-electron chi connectivity index (χ2n) is 6.31. The number of H-pyrrole nitrogens is 2. The third kappa shape index (κ3) is 3.25. The van der Waals surface area contributed by atoms with Crippen molar-refractivity contribution < 1.29 is 13.7 Å². The molecule has 2 aromatic heterocycles. The van der Waals surface area contributed by atoms with Crippen LogP contribution in [0.15, 0.2) is 64.4 Å². The highest BCUT2D eigenvalue weighted by Crippen LogP contribution is 2.27. The van der Waals surface area contributed by atoms with Crippen molar-refractivity contribution in [2.24, 2.45) is 0 Å². The fourth-order valence-corrected chi connectivity index (χ4v) is 4.36. The first-order valence-corrected chi connectivity index (χ1v) is 10.2. The van der Waals surface area contributed by atoms with Gasteiger partial charge < -0.3 is 14.7 Å². The third-order valence-electron chi connectivity index (χ3n) is 4.51. The fraction of sp³-hybridized carbons (Fsp3) is 0.143. The Balaban J connectivity index is 1.85. The molecule has 2 aromatic carbocycles. The van der Waals surface area contributed by atoms with Crippen LogP contribution in [0.4, 0.5) is 0 Å². The molecule has 7 heteroatoms. The van der Waals surface area contributed by atoms with E-state index in [4.69, 9.17) is 4.74 Å². The van der Waals surface area contributed by atoms with Gasteiger partial charge in [0.1, 0.15) is 5.52 Å². The second-order valence-corrected chi connectivity index (χ2v) is 7.76. The van der Waals surface area contributed by atoms with Crippen molar-refractivity contribution in [3.05, 3.63) is 76.2 Å². The van der Waals surface area contributed by atoms with Crippen LogP contribution in [-0.2, 0) is 21.3 Å². The van der Waals surface area contributed by atoms with Gasteiger partial charge in [0.15, 0.2) is 0 Å². The first-order chi connectivity index (χ1) is 13.6. The van der Waals surface area contributed by atoms with E-state index in [9.17, 15) is 13.8 Å². The zero-order valence-electron chi connectivity index (χ0n) is 15.2. The average Bonchev–Trinajstić information content (AvgIpc) is 3.15. The molecular formula is C21H18N2O4S. The van der Waals surface area contributed by atoms with Gasteiger partial charge in [-0.1, -0.05) is 30.3 Å². The molecule has 4 aromatic rings. The summed E-state index contributed by atoms with van der Waals surface area (Å²) < 4.78 is 18.0. The van der Waals surface area contributed by atoms with Crippen LogP contribution < -0.4 is 5.56 Å². The van der Waals surface area contributed by atoms with Crippen LogP contribution in [0.1, 0.15) is 22.8 Å². The van der Waals surface area contributed by atoms with Gasteiger partial charge in [-0.15, -0.1) is 0 Å². The number of rotatable bonds is 5. The van der Waals surface area contributed by atoms with E-state index in [1.165, 1.54) is 6.20 Å². The Labute approximate surface area is 163 Å². The molecule has 1 atom stereocenters. The van der Waals surface area contributed by atoms with Crippen LogP contribution in [0.5, 0.6) is 0 Å². The van der Waals surface area contributed by atoms with Crippen molar-refractivity contribution in [2.45, 2.75) is 17.6 Å². The number of benzene rings is 2. The molecule has 0 bridgehead atoms. The minimum Gasteiger partial charge on any atom is -0.462 e. The second kappa shape index (κ2) is 7.44. The number of aromatic amines is 2. The molecule has 4 rings (SSSR count). The highest BCUT2D eigenvalue weighted by atomic mass is 32.2. The SMILES string of the molecule is CCOC(=O)c1c[nH]c2c(=O)[nH]c3ccc(S(=O)Cc4ccccc4)cc3c12. The maximum atomic E-state index is 12.9. The minimum atomic E-state index is -1.27. The summed E-state index contributed by atoms with van der Waals surface area (Å²) in [4.78, 5) is 30.9. The van der Waals surface area contributed by atoms with Crippen molar-refractivity contribution in [1.82, 2.24) is 9.97 Å². The first kappa shape index (κ1) is 18.2. The largest absolute Gasteiger partial charge is 0.462 e. The van der Waals surface area contributed by atoms with Gasteiger partial charge in [-0.2, -0.15) is 0 Å². The van der Waals surface area contributed by atoms with Crippen LogP contribution in [0.2, 0.25) is 0 Å². The lowest BCUT2D eigenvalue weighted by Crippen LogP contribution is -2.08. The lowest BCUT2D eigenvalue weighted by Gasteiger charge is -2.07. The predicted molar refractivity (Wildman–Crippen MR) is 109 cm³/mol. The van der Waals surface area contributed by atoms with E-state index >= 15 is 0 Å². The molecule has 0 fully saturated rings. The molecule has 1 unspecified atom stereocenters. The van der Waals surface area contributed by atoms with Crippen LogP contribution in [0.3, 0.4) is 0 Å². The number of hydrogen-bond acceptors (Lipinski definition) is 4. The van der Waals surface area contributed by atoms with Crippen molar-refractivity contribution in [3.63, 3.8) is 0 Å². The number of nitrogens with one attached hydrogen (secondary N) is 2. The molecule has 0 aliphatic carbocycles. The molecule has 0 amide bonds. The molecule has 0 radical (unpaired) electrons. The number of fused-ring (bicyclic) bond motifs is 3. The Bertz CT molecular complexity index is 1260. The number of aromatic nitrogens is 2. The van der Waals surface area contributed by atoms with E-state index in [0.29, 0.717) is 38.0 Å². The van der Waals surface area contributed by atoms with Gasteiger partial charge in [0.25, 0.3) is 5.56 Å². The number of ether oxygens (including phenoxy) is 1. The number of carbonyl (C=O) groups excluding carboxylic acids is 1. The van der Waals surface area contributed by atoms with Crippen LogP contribution >= 0.6 is 0 Å². The predicted octanol–water partition coefficient (Wildman–Crippen LogP) is 3.49. The van der Waals surface area contributed by atoms with Crippen molar-refractivity contribution >= 4 is 38.6 Å². The normalized spacial score (nSPS) is 12.3. The maximum absolute atomic E-state index is 12.9. The van der Waals surface area contributed by atoms with E-state index in [0.717, 1.165) is 5.56 Å². The molecule has 0 aliphatic heterocycles. The first-order valence-electron chi connectivity index (χ1n) is 8.85. The van der Waals surface area contributed by atoms with Crippen molar-refractivity contribution in [1.29, 1.82) is 0 Å². The van der Waals surface area contributed by atoms with Gasteiger partial charge in [-0.05, 0) is 30.7 Å². The molecule has 2 heterocycles. The molecule has 0 aliphatic rings. The summed E-state index contributed by atoms with van der Waals surface area (Å²) in [5.41, 5.74) is 1.81. The lowest BCUT2D eigenvalue weighted by atomic mass is 10.1. The molecule has 0 saturated heterocycles. The molecular weight excluding hydrogens is 376 g/mol. The summed E-state index contributed by atoms with van der Waals surface area (Å²) in [6, 6.07) is 14.8. The summed E-state index contributed by atoms with van der Waals surface area (Å²) in [7, 11) is -1.27. The molecule has 28 heavy (non-hydrogen) atoms. The Kier molecular flexibility index (Phi) is 4.83. The average molecular weight is 394 g/mol. The van der Waals surface area contributed by atoms with Gasteiger partial charge in [-0.25, -0.2) is 4.79 Å². The Morgan fingerprint density at radius 2 is 1.93 bits per heavy atom. The molecule has 0 spiro atoms. The third-order valence-corrected chi connectivity index (χ3v) is 5.89. The summed E-state index contributed by atoms with van der Waals surface area (Å²) in [6.07, 6.45) is 1.48. The Morgan fingerprint density at radius 3 is 2.68 bits per heavy atom. The number of esters is 1. The smallest absolute Gasteiger partial charge is 0.340 e. The zero-order valence-corrected chi connectivity index (χ0v) is 16.0. The summed E-state index contributed by atoms with van der Waals surface area (Å²) in [5, 5.41) is 1.13. The van der Waals surface area contributed by atoms with E-state index in [1.54, 1.807) is 25.1 Å². The van der Waals surface area contributed by atoms with E-state index in [2.05, 4.69) is 9.97 Å². The van der Waals surface area contributed by atoms with Crippen molar-refractivity contribution in [2.75, 3.05) is 6.61 Å². The Hall–Kier alpha value is -3.19. The van der Waals surface area contributed by atoms with E-state index in [1.807, 2.05) is 30.3 Å². The number of carbonyl (C=O) groups is 1. The standard InChI is InChI=1S/C21H18N2O4S/c1-2-27-21(25)16-11-22-19-18(16)15-10-14(8-9-17(15)23-20(19)24)28(26)12-13-6-4-3-5-7-13/h3-11,22H,2,12H2,1H3,(H,23,24). The maximum Gasteiger partial charge on any atom is 0.340 e. The van der Waals surface area contributed by atoms with Crippen LogP contribution in [0.25, 0.3) is 21.8 Å². The van der Waals surface area contributed by atoms with E-state index < -0.39 is 16.8 Å². The van der Waals surface area contributed by atoms with Crippen LogP contribution in [-0.4, -0.2) is 26.8 Å². The van der Waals surface area contributed by atoms with E-state index in [-0.39, 0.29) is 12.2 Å². The number of pyridine rings is 1. The van der Waals surface area contributed by atoms with Gasteiger partial charge in [0, 0.05) is 27.4 Å². The van der Waals surface area contributed by atoms with Gasteiger partial charge in [0.05, 0.1) is 28.7 Å². The fourth-order valence-electron chi connectivity index (χ4n) is 3.23. The van der Waals surface area contributed by atoms with Crippen LogP contribution in [0, 0.1) is 0 Å². The highest BCUT2D eigenvalue weighted by molar-refractivity contribution is 7.84. The molecule has 2 N–H and O–H groups in total. The topological polar surface area (TPSA) is 92.0 Å². The highest BCUT2D eigenvalue weighted by Gasteiger charge is 2.19. The summed E-state index contributed by atoms with van der Waals surface area (Å²) in [5.74, 6) is -0.118. The molecule has 142 valence electrons. The number of hydrogen-bond donors (Lipinski definition) is 2. The van der Waals surface area contributed by atoms with Crippen molar-refractivity contribution in [3.8, 4) is 0 Å². The zero-order chi connectivity index (χ0) is 19.7. The quantitative estimate of drug-likeness (QED) is 0.507. The lowest BCUT2D eigenvalue weighted by molar-refractivity contribution is 0.0529. The van der Waals surface area contributed by atoms with Gasteiger partial charge in [-0.3, -0.25) is 9.00 Å². The monoisotopic (exact) mass is 394 g/mol. The summed E-state index contributed by atoms with van der Waals surface area (Å²) >= 11 is 0. The Morgan fingerprint density at radius 1 is 1.14 bits per heavy atom. The minimum absolute atomic E-state index is 0.235.